The number of aliphatic imine (C=N–C) groups is 1. The van der Waals surface area contributed by atoms with Crippen molar-refractivity contribution in [2.24, 2.45) is 16.6 Å². The highest BCUT2D eigenvalue weighted by Gasteiger charge is 2.30. The van der Waals surface area contributed by atoms with Crippen LogP contribution in [0.4, 0.5) is 11.5 Å². The molecule has 0 spiro atoms. The number of carbonyl (C=O) groups excluding carboxylic acids is 1. The van der Waals surface area contributed by atoms with Crippen LogP contribution in [0.25, 0.3) is 10.2 Å². The maximum absolute atomic E-state index is 12.5. The molecule has 172 valence electrons. The lowest BCUT2D eigenvalue weighted by molar-refractivity contribution is -0.133. The zero-order valence-corrected chi connectivity index (χ0v) is 19.9. The number of hydrogen-bond acceptors (Lipinski definition) is 8. The molecule has 0 fully saturated rings. The van der Waals surface area contributed by atoms with Crippen molar-refractivity contribution in [1.29, 1.82) is 0 Å². The number of ether oxygens (including phenoxy) is 1. The van der Waals surface area contributed by atoms with E-state index >= 15 is 0 Å². The Bertz CT molecular complexity index is 1250. The molecule has 1 aliphatic heterocycles. The Morgan fingerprint density at radius 2 is 2.21 bits per heavy atom. The van der Waals surface area contributed by atoms with Crippen molar-refractivity contribution in [1.82, 2.24) is 14.9 Å². The number of rotatable bonds is 6. The molecule has 2 aromatic heterocycles. The fourth-order valence-electron chi connectivity index (χ4n) is 4.48. The van der Waals surface area contributed by atoms with Gasteiger partial charge in [-0.15, -0.1) is 11.3 Å². The van der Waals surface area contributed by atoms with Crippen molar-refractivity contribution in [3.8, 4) is 5.75 Å². The van der Waals surface area contributed by atoms with Gasteiger partial charge in [-0.05, 0) is 55.0 Å². The van der Waals surface area contributed by atoms with Crippen molar-refractivity contribution >= 4 is 45.2 Å². The van der Waals surface area contributed by atoms with Crippen molar-refractivity contribution in [2.75, 3.05) is 26.0 Å². The second-order valence-corrected chi connectivity index (χ2v) is 10.1. The van der Waals surface area contributed by atoms with E-state index in [1.807, 2.05) is 33.3 Å². The number of aryl methyl sites for hydroxylation is 1. The summed E-state index contributed by atoms with van der Waals surface area (Å²) < 4.78 is 6.04. The van der Waals surface area contributed by atoms with E-state index in [2.05, 4.69) is 26.3 Å². The molecule has 9 heteroatoms. The first kappa shape index (κ1) is 21.8. The Labute approximate surface area is 196 Å². The van der Waals surface area contributed by atoms with E-state index in [4.69, 9.17) is 10.5 Å². The van der Waals surface area contributed by atoms with Gasteiger partial charge < -0.3 is 20.7 Å². The number of fused-ring (bicyclic) bond motifs is 4. The first-order chi connectivity index (χ1) is 15.9. The maximum Gasteiger partial charge on any atom is 0.225 e. The van der Waals surface area contributed by atoms with Crippen LogP contribution in [0.5, 0.6) is 5.75 Å². The van der Waals surface area contributed by atoms with E-state index in [0.29, 0.717) is 13.2 Å². The van der Waals surface area contributed by atoms with E-state index in [1.165, 1.54) is 10.4 Å². The number of nitrogens with zero attached hydrogens (tertiary/aromatic N) is 4. The number of benzene rings is 1. The number of thiophene rings is 1. The predicted octanol–water partition coefficient (Wildman–Crippen LogP) is 3.29. The van der Waals surface area contributed by atoms with Crippen LogP contribution in [0, 0.1) is 5.92 Å². The maximum atomic E-state index is 12.5. The van der Waals surface area contributed by atoms with Gasteiger partial charge in [0.15, 0.2) is 0 Å². The fourth-order valence-corrected chi connectivity index (χ4v) is 5.75. The Hall–Kier alpha value is -3.04. The summed E-state index contributed by atoms with van der Waals surface area (Å²) >= 11 is 1.66. The van der Waals surface area contributed by atoms with Crippen molar-refractivity contribution in [3.63, 3.8) is 0 Å². The average molecular weight is 465 g/mol. The quantitative estimate of drug-likeness (QED) is 0.580. The number of amides is 1. The fraction of sp³-hybridized carbons (Fsp3) is 0.417. The molecule has 0 saturated carbocycles. The summed E-state index contributed by atoms with van der Waals surface area (Å²) in [5, 5.41) is 4.55. The number of anilines is 2. The number of nitrogens with two attached hydrogens (primary N) is 1. The van der Waals surface area contributed by atoms with Gasteiger partial charge in [0, 0.05) is 37.1 Å². The van der Waals surface area contributed by atoms with E-state index in [1.54, 1.807) is 22.6 Å². The third-order valence-corrected chi connectivity index (χ3v) is 7.29. The molecule has 1 aliphatic carbocycles. The number of aromatic nitrogens is 2. The molecule has 1 amide bonds. The molecular formula is C24H28N6O2S. The van der Waals surface area contributed by atoms with Gasteiger partial charge in [0.2, 0.25) is 5.91 Å². The largest absolute Gasteiger partial charge is 0.490 e. The predicted molar refractivity (Wildman–Crippen MR) is 132 cm³/mol. The minimum atomic E-state index is -0.0742. The number of carbonyl (C=O) groups is 1. The van der Waals surface area contributed by atoms with Gasteiger partial charge in [-0.2, -0.15) is 0 Å². The smallest absolute Gasteiger partial charge is 0.225 e. The Morgan fingerprint density at radius 3 is 3.00 bits per heavy atom. The average Bonchev–Trinajstić information content (AvgIpc) is 3.40. The van der Waals surface area contributed by atoms with Crippen LogP contribution in [0.15, 0.2) is 23.5 Å². The lowest BCUT2D eigenvalue weighted by Gasteiger charge is -2.24. The zero-order valence-electron chi connectivity index (χ0n) is 19.1. The molecule has 0 bridgehead atoms. The summed E-state index contributed by atoms with van der Waals surface area (Å²) in [5.41, 5.74) is 10.2. The topological polar surface area (TPSA) is 106 Å². The summed E-state index contributed by atoms with van der Waals surface area (Å²) in [6, 6.07) is 4.02. The molecule has 0 unspecified atom stereocenters. The lowest BCUT2D eigenvalue weighted by Crippen LogP contribution is -2.32. The zero-order chi connectivity index (χ0) is 23.1. The molecule has 2 aliphatic rings. The van der Waals surface area contributed by atoms with Gasteiger partial charge >= 0.3 is 0 Å². The van der Waals surface area contributed by atoms with Crippen LogP contribution in [-0.2, 0) is 24.2 Å². The molecule has 3 aromatic rings. The Morgan fingerprint density at radius 1 is 1.36 bits per heavy atom. The van der Waals surface area contributed by atoms with E-state index in [-0.39, 0.29) is 17.9 Å². The summed E-state index contributed by atoms with van der Waals surface area (Å²) in [5.74, 6) is 1.72. The van der Waals surface area contributed by atoms with Gasteiger partial charge in [0.1, 0.15) is 29.3 Å². The van der Waals surface area contributed by atoms with Gasteiger partial charge in [0.05, 0.1) is 17.6 Å². The van der Waals surface area contributed by atoms with Crippen LogP contribution in [0.1, 0.15) is 34.9 Å². The molecule has 1 aromatic carbocycles. The highest BCUT2D eigenvalue weighted by atomic mass is 32.1. The van der Waals surface area contributed by atoms with Crippen molar-refractivity contribution in [2.45, 2.75) is 38.8 Å². The second-order valence-electron chi connectivity index (χ2n) is 9.01. The molecule has 5 rings (SSSR count). The highest BCUT2D eigenvalue weighted by molar-refractivity contribution is 7.19. The summed E-state index contributed by atoms with van der Waals surface area (Å²) in [4.78, 5) is 29.9. The molecule has 3 heterocycles. The standard InChI is InChI=1S/C24H28N6O2S/c1-13(25)11-32-19-7-16-10-26-9-15(16)6-18(19)29-22-21-17-5-4-14(24(31)30(2)3)8-20(17)33-23(21)28-12-27-22/h6-7,9,12-14H,4-5,8,10-11,25H2,1-3H3,(H,27,28,29)/t13-,14-/m0/s1. The van der Waals surface area contributed by atoms with Gasteiger partial charge in [-0.3, -0.25) is 9.79 Å². The Kier molecular flexibility index (Phi) is 5.76. The van der Waals surface area contributed by atoms with Crippen LogP contribution in [-0.4, -0.2) is 53.7 Å². The van der Waals surface area contributed by atoms with Crippen LogP contribution in [0.2, 0.25) is 0 Å². The van der Waals surface area contributed by atoms with Crippen LogP contribution >= 0.6 is 11.3 Å². The lowest BCUT2D eigenvalue weighted by atomic mass is 9.87. The summed E-state index contributed by atoms with van der Waals surface area (Å²) in [6.45, 7) is 3.00. The second kappa shape index (κ2) is 8.72. The Balaban J connectivity index is 1.51. The molecule has 0 saturated heterocycles. The normalized spacial score (nSPS) is 17.5. The SMILES string of the molecule is C[C@H](N)COc1cc2c(cc1Nc1ncnc3sc4c(c13)CC[C@H](C(=O)N(C)C)C4)C=NC2. The van der Waals surface area contributed by atoms with E-state index in [0.717, 1.165) is 57.9 Å². The minimum absolute atomic E-state index is 0.0270. The van der Waals surface area contributed by atoms with E-state index in [9.17, 15) is 4.79 Å². The first-order valence-corrected chi connectivity index (χ1v) is 12.0. The molecule has 0 radical (unpaired) electrons. The van der Waals surface area contributed by atoms with Gasteiger partial charge in [0.25, 0.3) is 0 Å². The summed E-state index contributed by atoms with van der Waals surface area (Å²) in [6.07, 6.45) is 5.91. The third-order valence-electron chi connectivity index (χ3n) is 6.12. The van der Waals surface area contributed by atoms with Crippen LogP contribution < -0.4 is 15.8 Å². The first-order valence-electron chi connectivity index (χ1n) is 11.2. The van der Waals surface area contributed by atoms with Gasteiger partial charge in [-0.1, -0.05) is 0 Å². The molecule has 3 N–H and O–H groups in total. The highest BCUT2D eigenvalue weighted by Crippen LogP contribution is 2.42. The van der Waals surface area contributed by atoms with Gasteiger partial charge in [-0.25, -0.2) is 9.97 Å². The van der Waals surface area contributed by atoms with Crippen LogP contribution in [0.3, 0.4) is 0 Å². The number of hydrogen-bond donors (Lipinski definition) is 2. The number of nitrogens with one attached hydrogen (secondary N) is 1. The minimum Gasteiger partial charge on any atom is -0.490 e. The van der Waals surface area contributed by atoms with Crippen molar-refractivity contribution in [3.05, 3.63) is 40.0 Å². The molecular weight excluding hydrogens is 436 g/mol. The molecule has 33 heavy (non-hydrogen) atoms. The summed E-state index contributed by atoms with van der Waals surface area (Å²) in [7, 11) is 3.64. The van der Waals surface area contributed by atoms with Crippen molar-refractivity contribution < 1.29 is 9.53 Å². The monoisotopic (exact) mass is 464 g/mol. The molecule has 8 nitrogen and oxygen atoms in total. The third kappa shape index (κ3) is 4.18. The molecule has 2 atom stereocenters. The van der Waals surface area contributed by atoms with E-state index < -0.39 is 0 Å².